The summed E-state index contributed by atoms with van der Waals surface area (Å²) >= 11 is 0. The van der Waals surface area contributed by atoms with Gasteiger partial charge in [-0.3, -0.25) is 0 Å². The van der Waals surface area contributed by atoms with Crippen molar-refractivity contribution in [1.82, 2.24) is 0 Å². The maximum absolute atomic E-state index is 2.74. The summed E-state index contributed by atoms with van der Waals surface area (Å²) in [5, 5.41) is 35.7. The molecule has 0 heteroatoms. The highest BCUT2D eigenvalue weighted by Crippen LogP contribution is 2.67. The molecule has 0 fully saturated rings. The summed E-state index contributed by atoms with van der Waals surface area (Å²) in [6.45, 7) is 0. The predicted molar refractivity (Wildman–Crippen MR) is 353 cm³/mol. The van der Waals surface area contributed by atoms with Gasteiger partial charge in [0.25, 0.3) is 0 Å². The highest BCUT2D eigenvalue weighted by molar-refractivity contribution is 6.62. The molecule has 0 atom stereocenters. The Bertz CT molecular complexity index is 5440. The topological polar surface area (TPSA) is 0 Å². The Labute approximate surface area is 480 Å². The largest absolute Gasteiger partial charge is 0.0619 e. The van der Waals surface area contributed by atoms with Crippen LogP contribution in [-0.2, 0) is 38.5 Å². The van der Waals surface area contributed by atoms with Gasteiger partial charge < -0.3 is 0 Å². The molecule has 0 radical (unpaired) electrons. The number of fused-ring (bicyclic) bond motifs is 30. The molecular formula is C84H42. The molecule has 6 aliphatic rings. The molecule has 25 rings (SSSR count). The normalized spacial score (nSPS) is 14.9. The first-order chi connectivity index (χ1) is 41.7. The molecule has 0 aliphatic heterocycles. The summed E-state index contributed by atoms with van der Waals surface area (Å²) in [5.74, 6) is 0. The summed E-state index contributed by atoms with van der Waals surface area (Å²) < 4.78 is 0. The maximum atomic E-state index is 2.74. The average Bonchev–Trinajstić information content (AvgIpc) is 0.912. The molecule has 378 valence electrons. The first-order valence-electron chi connectivity index (χ1n) is 30.7. The van der Waals surface area contributed by atoms with Crippen molar-refractivity contribution >= 4 is 129 Å². The summed E-state index contributed by atoms with van der Waals surface area (Å²) in [5.41, 5.74) is 34.8. The van der Waals surface area contributed by atoms with Crippen molar-refractivity contribution in [1.29, 1.82) is 0 Å². The van der Waals surface area contributed by atoms with E-state index in [1.54, 1.807) is 0 Å². The molecule has 0 saturated heterocycles. The molecule has 0 spiro atoms. The number of rotatable bonds is 0. The molecule has 84 heavy (non-hydrogen) atoms. The van der Waals surface area contributed by atoms with Crippen molar-refractivity contribution in [3.05, 3.63) is 249 Å². The summed E-state index contributed by atoms with van der Waals surface area (Å²) in [6, 6.07) is 72.9. The number of benzene rings is 19. The highest BCUT2D eigenvalue weighted by atomic mass is 14.4. The lowest BCUT2D eigenvalue weighted by atomic mass is 9.70. The van der Waals surface area contributed by atoms with Crippen LogP contribution in [0.5, 0.6) is 0 Å². The van der Waals surface area contributed by atoms with Gasteiger partial charge in [0.1, 0.15) is 0 Å². The molecule has 6 aliphatic carbocycles. The van der Waals surface area contributed by atoms with Crippen LogP contribution in [0.1, 0.15) is 66.8 Å². The van der Waals surface area contributed by atoms with Crippen molar-refractivity contribution in [3.8, 4) is 66.8 Å². The van der Waals surface area contributed by atoms with Crippen LogP contribution in [0.3, 0.4) is 0 Å². The predicted octanol–water partition coefficient (Wildman–Crippen LogP) is 21.6. The zero-order valence-corrected chi connectivity index (χ0v) is 45.6. The van der Waals surface area contributed by atoms with Gasteiger partial charge in [-0.1, -0.05) is 146 Å². The van der Waals surface area contributed by atoms with Crippen molar-refractivity contribution < 1.29 is 0 Å². The van der Waals surface area contributed by atoms with E-state index in [2.05, 4.69) is 182 Å². The van der Waals surface area contributed by atoms with E-state index in [0.717, 1.165) is 38.5 Å². The van der Waals surface area contributed by atoms with Gasteiger partial charge in [0, 0.05) is 0 Å². The van der Waals surface area contributed by atoms with Gasteiger partial charge in [-0.15, -0.1) is 0 Å². The number of hydrogen-bond acceptors (Lipinski definition) is 0. The molecule has 0 aromatic heterocycles. The van der Waals surface area contributed by atoms with Gasteiger partial charge in [0.05, 0.1) is 0 Å². The molecule has 19 aromatic rings. The molecule has 0 nitrogen and oxygen atoms in total. The van der Waals surface area contributed by atoms with Gasteiger partial charge in [-0.25, -0.2) is 0 Å². The van der Waals surface area contributed by atoms with Crippen LogP contribution in [0.15, 0.2) is 182 Å². The standard InChI is InChI=1S/C84H42/c1-7-19-43-37(13-1)25-55-49(43)31-61-68-56-26-38-14-3-9-21-45(38)51(56)33-64-70-58-28-40-16-5-11-23-47(40)53(58)35-65-72-60-30-42-18-6-12-24-48(42)54(60)36-66-71-59-29-41-17-4-10-22-46(41)52(59)34-63-69-57-27-39-15-2-8-20-44(39)50(57)32-62-67(55)73(61)79-80(74(62)69)82(76(63)71)84(78(66)72)83(77(65)70)81(79)75(64)68/h1-24,31-36H,25-30H2. The van der Waals surface area contributed by atoms with Crippen LogP contribution in [0.4, 0.5) is 0 Å². The van der Waals surface area contributed by atoms with Gasteiger partial charge in [-0.05, 0) is 338 Å². The Balaban J connectivity index is 1.06. The maximum Gasteiger partial charge on any atom is -0.0000359 e. The molecule has 0 saturated carbocycles. The molecule has 0 bridgehead atoms. The molecule has 0 amide bonds. The summed E-state index contributed by atoms with van der Waals surface area (Å²) in [6.07, 6.45) is 5.61. The second-order valence-corrected chi connectivity index (χ2v) is 26.5. The van der Waals surface area contributed by atoms with Gasteiger partial charge in [0.2, 0.25) is 0 Å². The van der Waals surface area contributed by atoms with E-state index >= 15 is 0 Å². The lowest BCUT2D eigenvalue weighted by Gasteiger charge is -2.32. The van der Waals surface area contributed by atoms with Crippen LogP contribution in [0, 0.1) is 0 Å². The van der Waals surface area contributed by atoms with Gasteiger partial charge in [0.15, 0.2) is 0 Å². The zero-order valence-electron chi connectivity index (χ0n) is 45.6. The molecule has 0 heterocycles. The van der Waals surface area contributed by atoms with E-state index < -0.39 is 0 Å². The van der Waals surface area contributed by atoms with E-state index in [4.69, 9.17) is 0 Å². The lowest BCUT2D eigenvalue weighted by molar-refractivity contribution is 1.28. The summed E-state index contributed by atoms with van der Waals surface area (Å²) in [4.78, 5) is 0. The Kier molecular flexibility index (Phi) is 6.36. The second-order valence-electron chi connectivity index (χ2n) is 26.5. The van der Waals surface area contributed by atoms with Crippen LogP contribution >= 0.6 is 0 Å². The van der Waals surface area contributed by atoms with Crippen LogP contribution in [-0.4, -0.2) is 0 Å². The highest BCUT2D eigenvalue weighted by Gasteiger charge is 2.41. The van der Waals surface area contributed by atoms with E-state index in [-0.39, 0.29) is 0 Å². The first-order valence-corrected chi connectivity index (χ1v) is 30.7. The third-order valence-electron chi connectivity index (χ3n) is 23.3. The average molecular weight is 1050 g/mol. The minimum Gasteiger partial charge on any atom is -0.0619 e. The Hall–Kier alpha value is -10.1. The van der Waals surface area contributed by atoms with E-state index in [0.29, 0.717) is 0 Å². The summed E-state index contributed by atoms with van der Waals surface area (Å²) in [7, 11) is 0. The smallest absolute Gasteiger partial charge is 0.0000359 e. The molecule has 19 aromatic carbocycles. The van der Waals surface area contributed by atoms with Crippen molar-refractivity contribution in [3.63, 3.8) is 0 Å². The van der Waals surface area contributed by atoms with Crippen molar-refractivity contribution in [2.75, 3.05) is 0 Å². The van der Waals surface area contributed by atoms with E-state index in [9.17, 15) is 0 Å². The lowest BCUT2D eigenvalue weighted by Crippen LogP contribution is -2.05. The monoisotopic (exact) mass is 1050 g/mol. The number of hydrogen-bond donors (Lipinski definition) is 0. The third-order valence-corrected chi connectivity index (χ3v) is 23.3. The fourth-order valence-electron chi connectivity index (χ4n) is 20.4. The Morgan fingerprint density at radius 2 is 0.298 bits per heavy atom. The third kappa shape index (κ3) is 4.12. The second kappa shape index (κ2) is 13.0. The van der Waals surface area contributed by atoms with Crippen molar-refractivity contribution in [2.24, 2.45) is 0 Å². The van der Waals surface area contributed by atoms with Crippen molar-refractivity contribution in [2.45, 2.75) is 38.5 Å². The SMILES string of the molecule is c1ccc2c(c1)Cc1c-2cc2c3c4c(cc5c6c7c(cc8c9c%10c(cc%11c%12c%13c(cc%14c%15c%16c(cc%17c1c2c1c(c%17%15)c(c%14%12)c(c%119)c(c86)c1c53)-c1ccccc1C%16)-c1ccccc1C%13)-c1ccccc1C%10)-c1ccccc1C7)-c1ccccc1C4. The van der Waals surface area contributed by atoms with Gasteiger partial charge in [-0.2, -0.15) is 0 Å². The first kappa shape index (κ1) is 40.9. The minimum atomic E-state index is 0.935. The molecular weight excluding hydrogens is 1010 g/mol. The molecule has 0 unspecified atom stereocenters. The Morgan fingerprint density at radius 3 is 0.464 bits per heavy atom. The van der Waals surface area contributed by atoms with E-state index in [1.807, 2.05) is 0 Å². The quantitative estimate of drug-likeness (QED) is 0.105. The molecule has 0 N–H and O–H groups in total. The zero-order chi connectivity index (χ0) is 53.2. The Morgan fingerprint density at radius 1 is 0.143 bits per heavy atom. The van der Waals surface area contributed by atoms with Gasteiger partial charge >= 0.3 is 0 Å². The van der Waals surface area contributed by atoms with Crippen LogP contribution < -0.4 is 0 Å². The fourth-order valence-corrected chi connectivity index (χ4v) is 20.4. The van der Waals surface area contributed by atoms with Crippen LogP contribution in [0.2, 0.25) is 0 Å². The van der Waals surface area contributed by atoms with Crippen LogP contribution in [0.25, 0.3) is 196 Å². The minimum absolute atomic E-state index is 0.935. The fraction of sp³-hybridized carbons (Fsp3) is 0.0714. The van der Waals surface area contributed by atoms with E-state index in [1.165, 1.54) is 263 Å².